The number of carbonyl (C=O) groups is 1. The summed E-state index contributed by atoms with van der Waals surface area (Å²) in [6.07, 6.45) is 0. The van der Waals surface area contributed by atoms with Gasteiger partial charge in [-0.15, -0.1) is 11.3 Å². The van der Waals surface area contributed by atoms with E-state index in [1.165, 1.54) is 11.3 Å². The minimum absolute atomic E-state index is 0.0769. The Hall–Kier alpha value is -1.89. The largest absolute Gasteiger partial charge is 0.483 e. The highest BCUT2D eigenvalue weighted by atomic mass is 79.9. The van der Waals surface area contributed by atoms with Crippen molar-refractivity contribution < 1.29 is 9.53 Å². The van der Waals surface area contributed by atoms with Crippen molar-refractivity contribution in [3.63, 3.8) is 0 Å². The lowest BCUT2D eigenvalue weighted by Crippen LogP contribution is -2.20. The van der Waals surface area contributed by atoms with Crippen molar-refractivity contribution in [1.82, 2.24) is 4.98 Å². The number of halogens is 2. The van der Waals surface area contributed by atoms with Crippen molar-refractivity contribution in [3.8, 4) is 17.0 Å². The average Bonchev–Trinajstić information content (AvgIpc) is 3.00. The van der Waals surface area contributed by atoms with E-state index in [1.807, 2.05) is 49.4 Å². The standard InChI is InChI=1S/C21H20BrClN2O2S/c1-12(2)17-10-15(22)7-8-18(17)27-11-19(26)24-21-25-20(13(3)28-21)14-5-4-6-16(23)9-14/h4-10,12H,11H2,1-3H3,(H,24,25,26). The first-order chi connectivity index (χ1) is 13.3. The zero-order chi connectivity index (χ0) is 20.3. The molecule has 0 spiro atoms. The van der Waals surface area contributed by atoms with Gasteiger partial charge in [-0.2, -0.15) is 0 Å². The van der Waals surface area contributed by atoms with Gasteiger partial charge in [0.15, 0.2) is 11.7 Å². The summed E-state index contributed by atoms with van der Waals surface area (Å²) in [7, 11) is 0. The highest BCUT2D eigenvalue weighted by Gasteiger charge is 2.14. The van der Waals surface area contributed by atoms with Gasteiger partial charge in [0, 0.05) is 19.9 Å². The van der Waals surface area contributed by atoms with Gasteiger partial charge < -0.3 is 4.74 Å². The molecule has 0 unspecified atom stereocenters. The van der Waals surface area contributed by atoms with Crippen LogP contribution in [0.2, 0.25) is 5.02 Å². The number of nitrogens with zero attached hydrogens (tertiary/aromatic N) is 1. The number of aromatic nitrogens is 1. The van der Waals surface area contributed by atoms with Crippen LogP contribution in [0, 0.1) is 6.92 Å². The molecule has 7 heteroatoms. The maximum Gasteiger partial charge on any atom is 0.264 e. The summed E-state index contributed by atoms with van der Waals surface area (Å²) in [5.74, 6) is 0.754. The minimum Gasteiger partial charge on any atom is -0.483 e. The van der Waals surface area contributed by atoms with Gasteiger partial charge >= 0.3 is 0 Å². The number of benzene rings is 2. The predicted molar refractivity (Wildman–Crippen MR) is 120 cm³/mol. The average molecular weight is 480 g/mol. The molecule has 0 saturated heterocycles. The van der Waals surface area contributed by atoms with Crippen molar-refractivity contribution >= 4 is 49.9 Å². The van der Waals surface area contributed by atoms with Crippen LogP contribution in [0.3, 0.4) is 0 Å². The number of nitrogens with one attached hydrogen (secondary N) is 1. The van der Waals surface area contributed by atoms with Gasteiger partial charge in [0.2, 0.25) is 0 Å². The monoisotopic (exact) mass is 478 g/mol. The van der Waals surface area contributed by atoms with Gasteiger partial charge in [-0.25, -0.2) is 4.98 Å². The first kappa shape index (κ1) is 20.8. The number of carbonyl (C=O) groups excluding carboxylic acids is 1. The normalized spacial score (nSPS) is 10.9. The molecule has 1 N–H and O–H groups in total. The smallest absolute Gasteiger partial charge is 0.264 e. The summed E-state index contributed by atoms with van der Waals surface area (Å²) in [6.45, 7) is 6.07. The van der Waals surface area contributed by atoms with Gasteiger partial charge in [0.25, 0.3) is 5.91 Å². The second kappa shape index (κ2) is 9.07. The molecular formula is C21H20BrClN2O2S. The van der Waals surface area contributed by atoms with Gasteiger partial charge in [-0.1, -0.05) is 53.5 Å². The van der Waals surface area contributed by atoms with Crippen LogP contribution >= 0.6 is 38.9 Å². The molecule has 3 aromatic rings. The SMILES string of the molecule is Cc1sc(NC(=O)COc2ccc(Br)cc2C(C)C)nc1-c1cccc(Cl)c1. The topological polar surface area (TPSA) is 51.2 Å². The van der Waals surface area contributed by atoms with Crippen LogP contribution in [0.15, 0.2) is 46.9 Å². The third-order valence-electron chi connectivity index (χ3n) is 4.09. The third-order valence-corrected chi connectivity index (χ3v) is 5.71. The van der Waals surface area contributed by atoms with Crippen molar-refractivity contribution in [2.24, 2.45) is 0 Å². The van der Waals surface area contributed by atoms with Crippen LogP contribution in [-0.2, 0) is 4.79 Å². The predicted octanol–water partition coefficient (Wildman–Crippen LogP) is 6.68. The number of hydrogen-bond donors (Lipinski definition) is 1. The van der Waals surface area contributed by atoms with Gasteiger partial charge in [-0.05, 0) is 48.7 Å². The number of ether oxygens (including phenoxy) is 1. The van der Waals surface area contributed by atoms with E-state index in [0.717, 1.165) is 26.2 Å². The molecular weight excluding hydrogens is 460 g/mol. The van der Waals surface area contributed by atoms with Crippen LogP contribution in [0.25, 0.3) is 11.3 Å². The number of amides is 1. The summed E-state index contributed by atoms with van der Waals surface area (Å²) in [5.41, 5.74) is 2.80. The van der Waals surface area contributed by atoms with Crippen LogP contribution in [0.1, 0.15) is 30.2 Å². The zero-order valence-electron chi connectivity index (χ0n) is 15.8. The van der Waals surface area contributed by atoms with E-state index in [4.69, 9.17) is 16.3 Å². The van der Waals surface area contributed by atoms with Crippen molar-refractivity contribution in [2.45, 2.75) is 26.7 Å². The van der Waals surface area contributed by atoms with Crippen LogP contribution in [0.5, 0.6) is 5.75 Å². The van der Waals surface area contributed by atoms with Crippen molar-refractivity contribution in [2.75, 3.05) is 11.9 Å². The highest BCUT2D eigenvalue weighted by molar-refractivity contribution is 9.10. The Kier molecular flexibility index (Phi) is 6.75. The van der Waals surface area contributed by atoms with E-state index in [9.17, 15) is 4.79 Å². The van der Waals surface area contributed by atoms with E-state index in [-0.39, 0.29) is 18.4 Å². The summed E-state index contributed by atoms with van der Waals surface area (Å²) < 4.78 is 6.74. The third kappa shape index (κ3) is 5.13. The van der Waals surface area contributed by atoms with Gasteiger partial charge in [0.1, 0.15) is 5.75 Å². The molecule has 4 nitrogen and oxygen atoms in total. The quantitative estimate of drug-likeness (QED) is 0.429. The fourth-order valence-electron chi connectivity index (χ4n) is 2.75. The van der Waals surface area contributed by atoms with Gasteiger partial charge in [-0.3, -0.25) is 10.1 Å². The number of thiazole rings is 1. The van der Waals surface area contributed by atoms with E-state index in [0.29, 0.717) is 15.9 Å². The van der Waals surface area contributed by atoms with E-state index < -0.39 is 0 Å². The van der Waals surface area contributed by atoms with Crippen LogP contribution in [0.4, 0.5) is 5.13 Å². The summed E-state index contributed by atoms with van der Waals surface area (Å²) in [6, 6.07) is 13.3. The molecule has 1 amide bonds. The highest BCUT2D eigenvalue weighted by Crippen LogP contribution is 2.32. The Morgan fingerprint density at radius 2 is 2.07 bits per heavy atom. The lowest BCUT2D eigenvalue weighted by Gasteiger charge is -2.14. The fourth-order valence-corrected chi connectivity index (χ4v) is 4.18. The zero-order valence-corrected chi connectivity index (χ0v) is 18.9. The lowest BCUT2D eigenvalue weighted by atomic mass is 10.0. The van der Waals surface area contributed by atoms with E-state index >= 15 is 0 Å². The second-order valence-electron chi connectivity index (χ2n) is 6.61. The molecule has 0 atom stereocenters. The first-order valence-corrected chi connectivity index (χ1v) is 10.8. The number of anilines is 1. The number of rotatable bonds is 6. The Balaban J connectivity index is 1.67. The Bertz CT molecular complexity index is 1000. The Morgan fingerprint density at radius 1 is 1.29 bits per heavy atom. The van der Waals surface area contributed by atoms with Crippen LogP contribution in [-0.4, -0.2) is 17.5 Å². The number of hydrogen-bond acceptors (Lipinski definition) is 4. The van der Waals surface area contributed by atoms with E-state index in [2.05, 4.69) is 40.1 Å². The van der Waals surface area contributed by atoms with Crippen molar-refractivity contribution in [1.29, 1.82) is 0 Å². The molecule has 0 aliphatic carbocycles. The molecule has 3 rings (SSSR count). The number of aryl methyl sites for hydroxylation is 1. The Labute approximate surface area is 182 Å². The fraction of sp³-hybridized carbons (Fsp3) is 0.238. The molecule has 0 radical (unpaired) electrons. The first-order valence-electron chi connectivity index (χ1n) is 8.79. The molecule has 2 aromatic carbocycles. The molecule has 146 valence electrons. The second-order valence-corrected chi connectivity index (χ2v) is 9.16. The van der Waals surface area contributed by atoms with E-state index in [1.54, 1.807) is 0 Å². The summed E-state index contributed by atoms with van der Waals surface area (Å²) in [4.78, 5) is 17.9. The molecule has 0 aliphatic rings. The summed E-state index contributed by atoms with van der Waals surface area (Å²) in [5, 5.41) is 4.01. The van der Waals surface area contributed by atoms with Crippen molar-refractivity contribution in [3.05, 3.63) is 62.4 Å². The Morgan fingerprint density at radius 3 is 2.79 bits per heavy atom. The maximum absolute atomic E-state index is 12.3. The molecule has 0 saturated carbocycles. The molecule has 1 heterocycles. The molecule has 28 heavy (non-hydrogen) atoms. The minimum atomic E-state index is -0.246. The molecule has 0 fully saturated rings. The molecule has 1 aromatic heterocycles. The van der Waals surface area contributed by atoms with Gasteiger partial charge in [0.05, 0.1) is 5.69 Å². The maximum atomic E-state index is 12.3. The lowest BCUT2D eigenvalue weighted by molar-refractivity contribution is -0.118. The summed E-state index contributed by atoms with van der Waals surface area (Å²) >= 11 is 11.0. The van der Waals surface area contributed by atoms with Crippen LogP contribution < -0.4 is 10.1 Å². The molecule has 0 bridgehead atoms. The molecule has 0 aliphatic heterocycles.